The first-order valence-electron chi connectivity index (χ1n) is 9.93. The summed E-state index contributed by atoms with van der Waals surface area (Å²) in [5.41, 5.74) is -2.95. The lowest BCUT2D eigenvalue weighted by atomic mass is 9.85. The predicted molar refractivity (Wildman–Crippen MR) is 112 cm³/mol. The van der Waals surface area contributed by atoms with Gasteiger partial charge in [-0.15, -0.1) is 0 Å². The second-order valence-electron chi connectivity index (χ2n) is 7.64. The fourth-order valence-corrected chi connectivity index (χ4v) is 4.29. The Morgan fingerprint density at radius 2 is 0.886 bits per heavy atom. The Morgan fingerprint density at radius 1 is 0.400 bits per heavy atom. The molecule has 0 saturated heterocycles. The summed E-state index contributed by atoms with van der Waals surface area (Å²) in [6.07, 6.45) is 0. The molecule has 0 N–H and O–H groups in total. The third-order valence-corrected chi connectivity index (χ3v) is 5.73. The van der Waals surface area contributed by atoms with Crippen molar-refractivity contribution >= 4 is 21.5 Å². The molecule has 0 aliphatic heterocycles. The van der Waals surface area contributed by atoms with Crippen molar-refractivity contribution in [2.24, 2.45) is 0 Å². The zero-order chi connectivity index (χ0) is 25.2. The van der Waals surface area contributed by atoms with Crippen molar-refractivity contribution < 1.29 is 39.5 Å². The summed E-state index contributed by atoms with van der Waals surface area (Å²) in [7, 11) is 0. The molecule has 0 saturated carbocycles. The van der Waals surface area contributed by atoms with E-state index in [1.165, 1.54) is 24.3 Å². The molecule has 5 rings (SSSR count). The van der Waals surface area contributed by atoms with Gasteiger partial charge in [0.1, 0.15) is 23.3 Å². The first kappa shape index (κ1) is 22.8. The van der Waals surface area contributed by atoms with Crippen LogP contribution >= 0.6 is 0 Å². The summed E-state index contributed by atoms with van der Waals surface area (Å²) in [5.74, 6) is -16.0. The molecule has 5 aromatic carbocycles. The molecule has 0 radical (unpaired) electrons. The van der Waals surface area contributed by atoms with E-state index in [2.05, 4.69) is 0 Å². The van der Waals surface area contributed by atoms with E-state index in [1.54, 1.807) is 0 Å². The highest BCUT2D eigenvalue weighted by molar-refractivity contribution is 6.21. The summed E-state index contributed by atoms with van der Waals surface area (Å²) in [4.78, 5) is 0. The number of fused-ring (bicyclic) bond motifs is 2. The summed E-state index contributed by atoms with van der Waals surface area (Å²) in [5, 5.41) is -1.89. The smallest absolute Gasteiger partial charge is 0.200 e. The van der Waals surface area contributed by atoms with Gasteiger partial charge in [0.2, 0.25) is 5.82 Å². The molecule has 0 unspecified atom stereocenters. The lowest BCUT2D eigenvalue weighted by Crippen LogP contribution is -2.06. The monoisotopic (exact) mass is 492 g/mol. The van der Waals surface area contributed by atoms with Crippen LogP contribution in [0.15, 0.2) is 54.6 Å². The maximum absolute atomic E-state index is 15.2. The maximum atomic E-state index is 15.2. The molecule has 176 valence electrons. The van der Waals surface area contributed by atoms with Crippen LogP contribution in [0.5, 0.6) is 0 Å². The van der Waals surface area contributed by atoms with Crippen LogP contribution < -0.4 is 0 Å². The van der Waals surface area contributed by atoms with Gasteiger partial charge in [0.05, 0.1) is 5.56 Å². The number of benzene rings is 5. The van der Waals surface area contributed by atoms with Gasteiger partial charge in [-0.25, -0.2) is 39.5 Å². The topological polar surface area (TPSA) is 0 Å². The minimum absolute atomic E-state index is 0.103. The van der Waals surface area contributed by atoms with Gasteiger partial charge in [0.25, 0.3) is 0 Å². The Kier molecular flexibility index (Phi) is 5.23. The standard InChI is InChI=1S/C26H9F9/c27-10-5-6-13(16(30)9-10)17-11-3-1-2-4-12(11)18(20-15(29)8-7-14(28)19(17)20)21-22(31)24(33)26(35)25(34)23(21)32/h1-9H. The van der Waals surface area contributed by atoms with E-state index < -0.39 is 74.3 Å². The Hall–Kier alpha value is -4.01. The summed E-state index contributed by atoms with van der Waals surface area (Å²) >= 11 is 0. The van der Waals surface area contributed by atoms with Crippen molar-refractivity contribution in [3.63, 3.8) is 0 Å². The number of halogens is 9. The SMILES string of the molecule is Fc1ccc(-c2c3ccccc3c(-c3c(F)c(F)c(F)c(F)c3F)c3c(F)ccc(F)c23)c(F)c1. The fraction of sp³-hybridized carbons (Fsp3) is 0. The predicted octanol–water partition coefficient (Wildman–Crippen LogP) is 8.58. The summed E-state index contributed by atoms with van der Waals surface area (Å²) in [6, 6.07) is 8.77. The van der Waals surface area contributed by atoms with Crippen molar-refractivity contribution in [1.82, 2.24) is 0 Å². The first-order valence-corrected chi connectivity index (χ1v) is 9.93. The van der Waals surface area contributed by atoms with Crippen molar-refractivity contribution in [3.8, 4) is 22.3 Å². The highest BCUT2D eigenvalue weighted by Crippen LogP contribution is 2.47. The van der Waals surface area contributed by atoms with Crippen LogP contribution in [0.25, 0.3) is 43.8 Å². The second-order valence-corrected chi connectivity index (χ2v) is 7.64. The lowest BCUT2D eigenvalue weighted by molar-refractivity contribution is 0.381. The fourth-order valence-electron chi connectivity index (χ4n) is 4.29. The molecule has 0 spiro atoms. The molecule has 0 aliphatic carbocycles. The number of rotatable bonds is 2. The van der Waals surface area contributed by atoms with Gasteiger partial charge < -0.3 is 0 Å². The Balaban J connectivity index is 2.12. The molecule has 0 bridgehead atoms. The van der Waals surface area contributed by atoms with E-state index in [-0.39, 0.29) is 21.9 Å². The highest BCUT2D eigenvalue weighted by atomic mass is 19.2. The Bertz CT molecular complexity index is 1660. The minimum Gasteiger partial charge on any atom is -0.207 e. The minimum atomic E-state index is -2.42. The zero-order valence-electron chi connectivity index (χ0n) is 17.1. The summed E-state index contributed by atoms with van der Waals surface area (Å²) < 4.78 is 130. The van der Waals surface area contributed by atoms with Gasteiger partial charge in [0.15, 0.2) is 23.3 Å². The molecule has 0 atom stereocenters. The Morgan fingerprint density at radius 3 is 1.43 bits per heavy atom. The van der Waals surface area contributed by atoms with Crippen molar-refractivity contribution in [1.29, 1.82) is 0 Å². The normalized spacial score (nSPS) is 11.6. The quantitative estimate of drug-likeness (QED) is 0.100. The third kappa shape index (κ3) is 3.25. The van der Waals surface area contributed by atoms with Crippen LogP contribution in [0.1, 0.15) is 0 Å². The van der Waals surface area contributed by atoms with E-state index in [9.17, 15) is 30.7 Å². The molecular weight excluding hydrogens is 483 g/mol. The largest absolute Gasteiger partial charge is 0.207 e. The van der Waals surface area contributed by atoms with Gasteiger partial charge in [-0.3, -0.25) is 0 Å². The van der Waals surface area contributed by atoms with Crippen LogP contribution in [0.2, 0.25) is 0 Å². The van der Waals surface area contributed by atoms with Gasteiger partial charge in [-0.2, -0.15) is 0 Å². The maximum Gasteiger partial charge on any atom is 0.200 e. The van der Waals surface area contributed by atoms with Crippen LogP contribution in [-0.4, -0.2) is 0 Å². The van der Waals surface area contributed by atoms with Crippen molar-refractivity contribution in [3.05, 3.63) is 107 Å². The first-order chi connectivity index (χ1) is 16.6. The molecule has 0 aliphatic rings. The van der Waals surface area contributed by atoms with Gasteiger partial charge in [0, 0.05) is 33.5 Å². The van der Waals surface area contributed by atoms with Crippen molar-refractivity contribution in [2.75, 3.05) is 0 Å². The lowest BCUT2D eigenvalue weighted by Gasteiger charge is -2.20. The van der Waals surface area contributed by atoms with E-state index in [4.69, 9.17) is 0 Å². The van der Waals surface area contributed by atoms with Gasteiger partial charge in [-0.05, 0) is 35.0 Å². The Labute approximate surface area is 190 Å². The summed E-state index contributed by atoms with van der Waals surface area (Å²) in [6.45, 7) is 0. The molecule has 35 heavy (non-hydrogen) atoms. The van der Waals surface area contributed by atoms with E-state index in [0.717, 1.165) is 12.1 Å². The van der Waals surface area contributed by atoms with E-state index in [1.807, 2.05) is 0 Å². The molecule has 0 fully saturated rings. The number of hydrogen-bond acceptors (Lipinski definition) is 0. The van der Waals surface area contributed by atoms with Gasteiger partial charge >= 0.3 is 0 Å². The molecule has 0 aromatic heterocycles. The third-order valence-electron chi connectivity index (χ3n) is 5.73. The average Bonchev–Trinajstić information content (AvgIpc) is 2.84. The molecule has 0 amide bonds. The van der Waals surface area contributed by atoms with Crippen LogP contribution in [0.3, 0.4) is 0 Å². The van der Waals surface area contributed by atoms with Crippen LogP contribution in [-0.2, 0) is 0 Å². The van der Waals surface area contributed by atoms with Crippen LogP contribution in [0, 0.1) is 52.4 Å². The molecule has 0 nitrogen and oxygen atoms in total. The van der Waals surface area contributed by atoms with E-state index >= 15 is 8.78 Å². The van der Waals surface area contributed by atoms with E-state index in [0.29, 0.717) is 18.2 Å². The molecular formula is C26H9F9. The second kappa shape index (κ2) is 8.04. The van der Waals surface area contributed by atoms with Crippen molar-refractivity contribution in [2.45, 2.75) is 0 Å². The van der Waals surface area contributed by atoms with Crippen LogP contribution in [0.4, 0.5) is 39.5 Å². The molecule has 0 heterocycles. The van der Waals surface area contributed by atoms with Gasteiger partial charge in [-0.1, -0.05) is 24.3 Å². The average molecular weight is 492 g/mol. The number of hydrogen-bond donors (Lipinski definition) is 0. The molecule has 9 heteroatoms. The highest BCUT2D eigenvalue weighted by Gasteiger charge is 2.31. The molecule has 5 aromatic rings. The zero-order valence-corrected chi connectivity index (χ0v) is 17.1.